The topological polar surface area (TPSA) is 72.8 Å². The van der Waals surface area contributed by atoms with E-state index in [0.29, 0.717) is 21.0 Å². The maximum Gasteiger partial charge on any atom is 0.210 e. The van der Waals surface area contributed by atoms with Crippen LogP contribution in [0.2, 0.25) is 0 Å². The largest absolute Gasteiger partial charge is 0.224 e. The highest BCUT2D eigenvalue weighted by atomic mass is 79.9. The molecule has 1 aromatic carbocycles. The van der Waals surface area contributed by atoms with Crippen LogP contribution in [0, 0.1) is 0 Å². The summed E-state index contributed by atoms with van der Waals surface area (Å²) in [6.07, 6.45) is 1.14. The second-order valence-electron chi connectivity index (χ2n) is 3.52. The van der Waals surface area contributed by atoms with Gasteiger partial charge in [0, 0.05) is 6.26 Å². The first-order chi connectivity index (χ1) is 8.39. The second-order valence-corrected chi connectivity index (χ2v) is 8.82. The van der Waals surface area contributed by atoms with Gasteiger partial charge in [0.15, 0.2) is 0 Å². The Labute approximate surface area is 127 Å². The van der Waals surface area contributed by atoms with Gasteiger partial charge in [-0.3, -0.25) is 0 Å². The molecule has 0 saturated heterocycles. The number of fused-ring (bicyclic) bond motifs is 2. The molecule has 0 N–H and O–H groups in total. The predicted molar refractivity (Wildman–Crippen MR) is 79.1 cm³/mol. The van der Waals surface area contributed by atoms with Gasteiger partial charge in [0.1, 0.15) is 16.6 Å². The van der Waals surface area contributed by atoms with Crippen molar-refractivity contribution in [3.05, 3.63) is 8.95 Å². The smallest absolute Gasteiger partial charge is 0.210 e. The molecule has 2 heterocycles. The molecule has 0 bridgehead atoms. The number of aromatic nitrogens is 3. The lowest BCUT2D eigenvalue weighted by atomic mass is 10.3. The molecular weight excluding hydrogens is 426 g/mol. The third kappa shape index (κ3) is 1.82. The van der Waals surface area contributed by atoms with Crippen molar-refractivity contribution < 1.29 is 8.42 Å². The van der Waals surface area contributed by atoms with E-state index in [2.05, 4.69) is 45.6 Å². The Hall–Kier alpha value is -0.160. The number of benzene rings is 1. The second kappa shape index (κ2) is 4.17. The van der Waals surface area contributed by atoms with Gasteiger partial charge >= 0.3 is 0 Å². The maximum atomic E-state index is 11.5. The van der Waals surface area contributed by atoms with Crippen LogP contribution in [-0.2, 0) is 9.84 Å². The molecule has 3 aromatic rings. The van der Waals surface area contributed by atoms with Crippen LogP contribution in [0.3, 0.4) is 0 Å². The van der Waals surface area contributed by atoms with Crippen LogP contribution in [0.5, 0.6) is 0 Å². The van der Waals surface area contributed by atoms with Crippen LogP contribution in [0.25, 0.3) is 21.3 Å². The van der Waals surface area contributed by atoms with E-state index in [1.54, 1.807) is 0 Å². The van der Waals surface area contributed by atoms with Gasteiger partial charge < -0.3 is 0 Å². The summed E-state index contributed by atoms with van der Waals surface area (Å²) in [4.78, 5) is 4.16. The van der Waals surface area contributed by atoms with E-state index >= 15 is 0 Å². The standard InChI is InChI=1S/C8H3Br2N3O2S3/c1-18(14,15)8-11-6-2(9)4-5(13-17-12-4)3(10)7(6)16-8/h1H3. The molecular formula is C8H3Br2N3O2S3. The quantitative estimate of drug-likeness (QED) is 0.594. The van der Waals surface area contributed by atoms with Gasteiger partial charge in [0.05, 0.1) is 25.4 Å². The highest BCUT2D eigenvalue weighted by molar-refractivity contribution is 9.11. The Balaban J connectivity index is 2.55. The van der Waals surface area contributed by atoms with Gasteiger partial charge in [-0.05, 0) is 31.9 Å². The van der Waals surface area contributed by atoms with Gasteiger partial charge in [-0.2, -0.15) is 8.75 Å². The van der Waals surface area contributed by atoms with Crippen molar-refractivity contribution in [3.8, 4) is 0 Å². The van der Waals surface area contributed by atoms with Crippen molar-refractivity contribution in [2.45, 2.75) is 4.34 Å². The summed E-state index contributed by atoms with van der Waals surface area (Å²) in [5.74, 6) is 0. The highest BCUT2D eigenvalue weighted by Gasteiger charge is 2.21. The van der Waals surface area contributed by atoms with Gasteiger partial charge in [0.2, 0.25) is 14.2 Å². The lowest BCUT2D eigenvalue weighted by molar-refractivity contribution is 0.601. The summed E-state index contributed by atoms with van der Waals surface area (Å²) in [6.45, 7) is 0. The average molecular weight is 429 g/mol. The summed E-state index contributed by atoms with van der Waals surface area (Å²) < 4.78 is 33.7. The highest BCUT2D eigenvalue weighted by Crippen LogP contribution is 2.41. The van der Waals surface area contributed by atoms with E-state index in [-0.39, 0.29) is 4.34 Å². The lowest BCUT2D eigenvalue weighted by Crippen LogP contribution is -1.94. The summed E-state index contributed by atoms with van der Waals surface area (Å²) in [5.41, 5.74) is 1.99. The number of hydrogen-bond donors (Lipinski definition) is 0. The van der Waals surface area contributed by atoms with E-state index in [4.69, 9.17) is 0 Å². The first kappa shape index (κ1) is 12.9. The molecule has 0 aliphatic rings. The zero-order valence-corrected chi connectivity index (χ0v) is 14.3. The van der Waals surface area contributed by atoms with E-state index in [1.165, 1.54) is 0 Å². The number of halogens is 2. The van der Waals surface area contributed by atoms with Gasteiger partial charge in [-0.1, -0.05) is 0 Å². The fourth-order valence-corrected chi connectivity index (χ4v) is 5.50. The number of hydrogen-bond acceptors (Lipinski definition) is 7. The fraction of sp³-hybridized carbons (Fsp3) is 0.125. The van der Waals surface area contributed by atoms with Crippen molar-refractivity contribution >= 4 is 86.0 Å². The van der Waals surface area contributed by atoms with Crippen molar-refractivity contribution in [2.24, 2.45) is 0 Å². The van der Waals surface area contributed by atoms with Crippen molar-refractivity contribution in [3.63, 3.8) is 0 Å². The minimum atomic E-state index is -3.31. The number of rotatable bonds is 1. The molecule has 5 nitrogen and oxygen atoms in total. The zero-order valence-electron chi connectivity index (χ0n) is 8.64. The molecule has 0 fully saturated rings. The van der Waals surface area contributed by atoms with Crippen molar-refractivity contribution in [1.82, 2.24) is 13.7 Å². The lowest BCUT2D eigenvalue weighted by Gasteiger charge is -1.96. The molecule has 0 amide bonds. The third-order valence-electron chi connectivity index (χ3n) is 2.24. The molecule has 94 valence electrons. The predicted octanol–water partition coefficient (Wildman–Crippen LogP) is 3.23. The van der Waals surface area contributed by atoms with Gasteiger partial charge in [-0.25, -0.2) is 13.4 Å². The number of sulfone groups is 1. The molecule has 0 aliphatic carbocycles. The van der Waals surface area contributed by atoms with Crippen LogP contribution in [0.1, 0.15) is 0 Å². The van der Waals surface area contributed by atoms with Gasteiger partial charge in [0.25, 0.3) is 0 Å². The maximum absolute atomic E-state index is 11.5. The monoisotopic (exact) mass is 427 g/mol. The van der Waals surface area contributed by atoms with E-state index in [1.807, 2.05) is 0 Å². The fourth-order valence-electron chi connectivity index (χ4n) is 1.45. The van der Waals surface area contributed by atoms with E-state index in [9.17, 15) is 8.42 Å². The molecule has 0 spiro atoms. The number of thiazole rings is 1. The molecule has 10 heteroatoms. The first-order valence-electron chi connectivity index (χ1n) is 4.49. The van der Waals surface area contributed by atoms with Crippen molar-refractivity contribution in [2.75, 3.05) is 6.26 Å². The molecule has 3 rings (SSSR count). The van der Waals surface area contributed by atoms with E-state index < -0.39 is 9.84 Å². The summed E-state index contributed by atoms with van der Waals surface area (Å²) in [6, 6.07) is 0. The van der Waals surface area contributed by atoms with Crippen LogP contribution < -0.4 is 0 Å². The van der Waals surface area contributed by atoms with Crippen LogP contribution in [0.15, 0.2) is 13.3 Å². The molecule has 0 aliphatic heterocycles. The van der Waals surface area contributed by atoms with Crippen LogP contribution in [0.4, 0.5) is 0 Å². The minimum absolute atomic E-state index is 0.0928. The van der Waals surface area contributed by atoms with Gasteiger partial charge in [-0.15, -0.1) is 11.3 Å². The summed E-state index contributed by atoms with van der Waals surface area (Å²) in [5, 5.41) is 0. The normalized spacial score (nSPS) is 12.6. The van der Waals surface area contributed by atoms with Crippen LogP contribution in [-0.4, -0.2) is 28.4 Å². The molecule has 0 saturated carbocycles. The zero-order chi connectivity index (χ0) is 13.1. The Morgan fingerprint density at radius 1 is 1.06 bits per heavy atom. The molecule has 0 atom stereocenters. The summed E-state index contributed by atoms with van der Waals surface area (Å²) in [7, 11) is -3.31. The first-order valence-corrected chi connectivity index (χ1v) is 9.52. The Bertz CT molecular complexity index is 830. The molecule has 18 heavy (non-hydrogen) atoms. The summed E-state index contributed by atoms with van der Waals surface area (Å²) >= 11 is 9.07. The Morgan fingerprint density at radius 3 is 2.28 bits per heavy atom. The third-order valence-corrected chi connectivity index (χ3v) is 7.30. The van der Waals surface area contributed by atoms with E-state index in [0.717, 1.165) is 38.5 Å². The molecule has 2 aromatic heterocycles. The Kier molecular flexibility index (Phi) is 2.98. The average Bonchev–Trinajstić information content (AvgIpc) is 2.91. The SMILES string of the molecule is CS(=O)(=O)c1nc2c(Br)c3nsnc3c(Br)c2s1. The molecule has 0 unspecified atom stereocenters. The molecule has 0 radical (unpaired) electrons. The Morgan fingerprint density at radius 2 is 1.67 bits per heavy atom. The minimum Gasteiger partial charge on any atom is -0.224 e. The van der Waals surface area contributed by atoms with Crippen molar-refractivity contribution in [1.29, 1.82) is 0 Å². The van der Waals surface area contributed by atoms with Crippen LogP contribution >= 0.6 is 54.9 Å². The number of nitrogens with zero attached hydrogens (tertiary/aromatic N) is 3.